The summed E-state index contributed by atoms with van der Waals surface area (Å²) in [4.78, 5) is 10.8. The molecular formula is C18H13Cl3N2O2. The molecule has 3 atom stereocenters. The average Bonchev–Trinajstić information content (AvgIpc) is 3.07. The second kappa shape index (κ2) is 6.20. The predicted octanol–water partition coefficient (Wildman–Crippen LogP) is 6.38. The Kier molecular flexibility index (Phi) is 4.14. The summed E-state index contributed by atoms with van der Waals surface area (Å²) in [5, 5.41) is 15.8. The summed E-state index contributed by atoms with van der Waals surface area (Å²) in [6.07, 6.45) is 5.20. The molecule has 0 fully saturated rings. The fraction of sp³-hybridized carbons (Fsp3) is 0.222. The van der Waals surface area contributed by atoms with Crippen LogP contribution in [0.1, 0.15) is 29.5 Å². The minimum atomic E-state index is -0.461. The van der Waals surface area contributed by atoms with Crippen molar-refractivity contribution in [3.8, 4) is 0 Å². The van der Waals surface area contributed by atoms with E-state index in [1.807, 2.05) is 12.1 Å². The van der Waals surface area contributed by atoms with Gasteiger partial charge in [-0.25, -0.2) is 0 Å². The van der Waals surface area contributed by atoms with Crippen LogP contribution in [-0.4, -0.2) is 4.92 Å². The SMILES string of the molecule is O=[N+]([O-])c1cc([C@@H]2Nc3c(ccc(Cl)c3Cl)[C@@H]3C=CC[C@H]32)ccc1Cl. The molecule has 4 nitrogen and oxygen atoms in total. The van der Waals surface area contributed by atoms with Gasteiger partial charge in [-0.1, -0.05) is 59.1 Å². The Morgan fingerprint density at radius 2 is 1.88 bits per heavy atom. The van der Waals surface area contributed by atoms with Crippen molar-refractivity contribution < 1.29 is 4.92 Å². The van der Waals surface area contributed by atoms with Crippen LogP contribution in [0.5, 0.6) is 0 Å². The highest BCUT2D eigenvalue weighted by Crippen LogP contribution is 2.52. The Hall–Kier alpha value is -1.75. The standard InChI is InChI=1S/C18H13Cl3N2O2/c19-13-6-4-9(8-15(13)23(24)25)17-11-3-1-2-10(11)12-5-7-14(20)16(21)18(12)22-17/h1-2,4-8,10-11,17,22H,3H2/t10-,11-,17+/m1/s1. The molecule has 1 N–H and O–H groups in total. The van der Waals surface area contributed by atoms with E-state index in [0.717, 1.165) is 23.2 Å². The molecule has 2 aromatic carbocycles. The van der Waals surface area contributed by atoms with E-state index in [1.54, 1.807) is 18.2 Å². The zero-order valence-electron chi connectivity index (χ0n) is 12.9. The van der Waals surface area contributed by atoms with Crippen molar-refractivity contribution in [2.75, 3.05) is 5.32 Å². The molecule has 0 saturated carbocycles. The van der Waals surface area contributed by atoms with Crippen LogP contribution in [0.2, 0.25) is 15.1 Å². The van der Waals surface area contributed by atoms with Gasteiger partial charge in [-0.15, -0.1) is 0 Å². The van der Waals surface area contributed by atoms with Crippen LogP contribution in [-0.2, 0) is 0 Å². The van der Waals surface area contributed by atoms with E-state index in [2.05, 4.69) is 17.5 Å². The molecule has 2 aliphatic rings. The number of nitrogens with zero attached hydrogens (tertiary/aromatic N) is 1. The summed E-state index contributed by atoms with van der Waals surface area (Å²) >= 11 is 18.5. The van der Waals surface area contributed by atoms with Gasteiger partial charge in [-0.3, -0.25) is 10.1 Å². The Morgan fingerprint density at radius 1 is 1.12 bits per heavy atom. The number of nitro benzene ring substituents is 1. The van der Waals surface area contributed by atoms with E-state index in [-0.39, 0.29) is 28.6 Å². The third-order valence-electron chi connectivity index (χ3n) is 4.95. The number of fused-ring (bicyclic) bond motifs is 3. The fourth-order valence-electron chi connectivity index (χ4n) is 3.80. The van der Waals surface area contributed by atoms with Gasteiger partial charge in [0.15, 0.2) is 0 Å². The molecule has 0 amide bonds. The van der Waals surface area contributed by atoms with Crippen LogP contribution < -0.4 is 5.32 Å². The molecule has 0 aromatic heterocycles. The number of nitro groups is 1. The van der Waals surface area contributed by atoms with Gasteiger partial charge in [-0.2, -0.15) is 0 Å². The van der Waals surface area contributed by atoms with Crippen molar-refractivity contribution in [1.82, 2.24) is 0 Å². The lowest BCUT2D eigenvalue weighted by molar-refractivity contribution is -0.384. The van der Waals surface area contributed by atoms with Gasteiger partial charge in [-0.05, 0) is 35.6 Å². The molecule has 0 saturated heterocycles. The van der Waals surface area contributed by atoms with Crippen LogP contribution >= 0.6 is 34.8 Å². The molecule has 4 rings (SSSR count). The number of halogens is 3. The largest absolute Gasteiger partial charge is 0.376 e. The van der Waals surface area contributed by atoms with Crippen LogP contribution in [0.3, 0.4) is 0 Å². The molecular weight excluding hydrogens is 383 g/mol. The van der Waals surface area contributed by atoms with Crippen molar-refractivity contribution in [3.05, 3.63) is 78.8 Å². The lowest BCUT2D eigenvalue weighted by Crippen LogP contribution is -2.29. The first kappa shape index (κ1) is 16.7. The highest BCUT2D eigenvalue weighted by molar-refractivity contribution is 6.43. The van der Waals surface area contributed by atoms with Gasteiger partial charge in [0.2, 0.25) is 0 Å². The number of allylic oxidation sites excluding steroid dienone is 2. The minimum absolute atomic E-state index is 0.0912. The van der Waals surface area contributed by atoms with Crippen molar-refractivity contribution in [2.45, 2.75) is 18.4 Å². The first-order valence-corrected chi connectivity index (χ1v) is 8.95. The topological polar surface area (TPSA) is 55.2 Å². The molecule has 7 heteroatoms. The molecule has 0 unspecified atom stereocenters. The molecule has 0 bridgehead atoms. The van der Waals surface area contributed by atoms with Crippen LogP contribution in [0, 0.1) is 16.0 Å². The highest BCUT2D eigenvalue weighted by atomic mass is 35.5. The zero-order chi connectivity index (χ0) is 17.7. The summed E-state index contributed by atoms with van der Waals surface area (Å²) in [7, 11) is 0. The maximum atomic E-state index is 11.2. The Bertz CT molecular complexity index is 913. The number of hydrogen-bond acceptors (Lipinski definition) is 3. The van der Waals surface area contributed by atoms with Gasteiger partial charge in [0.1, 0.15) is 5.02 Å². The minimum Gasteiger partial charge on any atom is -0.376 e. The van der Waals surface area contributed by atoms with Gasteiger partial charge < -0.3 is 5.32 Å². The number of nitrogens with one attached hydrogen (secondary N) is 1. The molecule has 0 radical (unpaired) electrons. The molecule has 0 spiro atoms. The first-order valence-electron chi connectivity index (χ1n) is 7.82. The molecule has 2 aromatic rings. The van der Waals surface area contributed by atoms with Crippen molar-refractivity contribution in [3.63, 3.8) is 0 Å². The molecule has 128 valence electrons. The normalized spacial score (nSPS) is 23.7. The third-order valence-corrected chi connectivity index (χ3v) is 6.08. The predicted molar refractivity (Wildman–Crippen MR) is 101 cm³/mol. The van der Waals surface area contributed by atoms with Crippen molar-refractivity contribution in [1.29, 1.82) is 0 Å². The van der Waals surface area contributed by atoms with E-state index in [4.69, 9.17) is 34.8 Å². The average molecular weight is 396 g/mol. The number of hydrogen-bond donors (Lipinski definition) is 1. The summed E-state index contributed by atoms with van der Waals surface area (Å²) < 4.78 is 0. The quantitative estimate of drug-likeness (QED) is 0.364. The second-order valence-corrected chi connectivity index (χ2v) is 7.46. The molecule has 1 heterocycles. The van der Waals surface area contributed by atoms with E-state index in [1.165, 1.54) is 0 Å². The van der Waals surface area contributed by atoms with Crippen LogP contribution in [0.25, 0.3) is 0 Å². The highest BCUT2D eigenvalue weighted by Gasteiger charge is 2.39. The van der Waals surface area contributed by atoms with E-state index in [9.17, 15) is 10.1 Å². The number of rotatable bonds is 2. The van der Waals surface area contributed by atoms with Crippen molar-refractivity contribution >= 4 is 46.2 Å². The van der Waals surface area contributed by atoms with Gasteiger partial charge in [0.25, 0.3) is 5.69 Å². The van der Waals surface area contributed by atoms with Gasteiger partial charge in [0.05, 0.1) is 26.7 Å². The summed E-state index contributed by atoms with van der Waals surface area (Å²) in [6, 6.07) is 8.62. The first-order chi connectivity index (χ1) is 12.0. The summed E-state index contributed by atoms with van der Waals surface area (Å²) in [5.74, 6) is 0.455. The second-order valence-electron chi connectivity index (χ2n) is 6.27. The monoisotopic (exact) mass is 394 g/mol. The third kappa shape index (κ3) is 2.69. The zero-order valence-corrected chi connectivity index (χ0v) is 15.1. The van der Waals surface area contributed by atoms with Crippen molar-refractivity contribution in [2.24, 2.45) is 5.92 Å². The maximum absolute atomic E-state index is 11.2. The molecule has 1 aliphatic carbocycles. The van der Waals surface area contributed by atoms with Crippen LogP contribution in [0.15, 0.2) is 42.5 Å². The number of benzene rings is 2. The maximum Gasteiger partial charge on any atom is 0.288 e. The fourth-order valence-corrected chi connectivity index (χ4v) is 4.37. The van der Waals surface area contributed by atoms with E-state index in [0.29, 0.717) is 10.0 Å². The Balaban J connectivity index is 1.83. The van der Waals surface area contributed by atoms with E-state index >= 15 is 0 Å². The Labute approximate surface area is 159 Å². The molecule has 1 aliphatic heterocycles. The van der Waals surface area contributed by atoms with Gasteiger partial charge >= 0.3 is 0 Å². The summed E-state index contributed by atoms with van der Waals surface area (Å²) in [6.45, 7) is 0. The Morgan fingerprint density at radius 3 is 2.64 bits per heavy atom. The van der Waals surface area contributed by atoms with E-state index < -0.39 is 4.92 Å². The smallest absolute Gasteiger partial charge is 0.288 e. The lowest BCUT2D eigenvalue weighted by Gasteiger charge is -2.38. The number of anilines is 1. The lowest BCUT2D eigenvalue weighted by atomic mass is 9.77. The molecule has 25 heavy (non-hydrogen) atoms. The van der Waals surface area contributed by atoms with Gasteiger partial charge in [0, 0.05) is 12.0 Å². The van der Waals surface area contributed by atoms with Crippen LogP contribution in [0.4, 0.5) is 11.4 Å². The summed E-state index contributed by atoms with van der Waals surface area (Å²) in [5.41, 5.74) is 2.63.